The minimum absolute atomic E-state index is 0.000156. The molecule has 8 nitrogen and oxygen atoms in total. The second kappa shape index (κ2) is 10.2. The molecule has 37 heavy (non-hydrogen) atoms. The molecule has 1 N–H and O–H groups in total. The Labute approximate surface area is 212 Å². The van der Waals surface area contributed by atoms with Crippen LogP contribution in [0, 0.1) is 5.82 Å². The third kappa shape index (κ3) is 5.55. The van der Waals surface area contributed by atoms with Gasteiger partial charge in [0, 0.05) is 68.3 Å². The summed E-state index contributed by atoms with van der Waals surface area (Å²) in [6, 6.07) is 5.34. The molecule has 11 heteroatoms. The predicted molar refractivity (Wildman–Crippen MR) is 133 cm³/mol. The molecule has 1 fully saturated rings. The Morgan fingerprint density at radius 3 is 2.35 bits per heavy atom. The summed E-state index contributed by atoms with van der Waals surface area (Å²) in [7, 11) is 3.14. The Morgan fingerprint density at radius 1 is 1.05 bits per heavy atom. The number of aromatic nitrogens is 3. The van der Waals surface area contributed by atoms with E-state index >= 15 is 4.39 Å². The van der Waals surface area contributed by atoms with Crippen LogP contribution in [-0.4, -0.2) is 64.8 Å². The van der Waals surface area contributed by atoms with Crippen molar-refractivity contribution in [1.82, 2.24) is 19.9 Å². The van der Waals surface area contributed by atoms with Gasteiger partial charge in [0.2, 0.25) is 0 Å². The number of pyridine rings is 1. The standard InChI is InChI=1S/C26H27F3N6O2/c1-15(2)22-31-12-17(13-32-22)24(36)33-21-18(7-9-30-23(21)35-10-8-26(28,29)14-35)19-11-16(5-6-20(19)27)25(37)34(3)4/h5-7,9,11-13,15H,8,10,14H2,1-4H3,(H,33,36). The van der Waals surface area contributed by atoms with Crippen LogP contribution in [0.15, 0.2) is 42.9 Å². The molecule has 1 saturated heterocycles. The maximum atomic E-state index is 15.1. The van der Waals surface area contributed by atoms with E-state index < -0.39 is 24.2 Å². The van der Waals surface area contributed by atoms with Crippen LogP contribution in [-0.2, 0) is 0 Å². The number of benzene rings is 1. The molecule has 3 aromatic rings. The molecular weight excluding hydrogens is 485 g/mol. The maximum absolute atomic E-state index is 15.1. The first-order valence-corrected chi connectivity index (χ1v) is 11.7. The third-order valence-electron chi connectivity index (χ3n) is 6.00. The minimum atomic E-state index is -2.93. The number of nitrogens with one attached hydrogen (secondary N) is 1. The van der Waals surface area contributed by atoms with Gasteiger partial charge in [-0.1, -0.05) is 13.8 Å². The van der Waals surface area contributed by atoms with Crippen molar-refractivity contribution in [2.75, 3.05) is 37.4 Å². The summed E-state index contributed by atoms with van der Waals surface area (Å²) in [4.78, 5) is 41.1. The van der Waals surface area contributed by atoms with Crippen LogP contribution in [0.25, 0.3) is 11.1 Å². The lowest BCUT2D eigenvalue weighted by atomic mass is 10.0. The zero-order chi connectivity index (χ0) is 26.9. The molecule has 0 aliphatic carbocycles. The number of nitrogens with zero attached hydrogens (tertiary/aromatic N) is 5. The molecule has 0 unspecified atom stereocenters. The van der Waals surface area contributed by atoms with E-state index in [0.29, 0.717) is 5.82 Å². The van der Waals surface area contributed by atoms with Gasteiger partial charge in [-0.3, -0.25) is 9.59 Å². The average Bonchev–Trinajstić information content (AvgIpc) is 3.23. The highest BCUT2D eigenvalue weighted by atomic mass is 19.3. The monoisotopic (exact) mass is 512 g/mol. The summed E-state index contributed by atoms with van der Waals surface area (Å²) in [5, 5.41) is 2.72. The summed E-state index contributed by atoms with van der Waals surface area (Å²) in [6.45, 7) is 3.23. The Bertz CT molecular complexity index is 1330. The van der Waals surface area contributed by atoms with Crippen LogP contribution in [0.3, 0.4) is 0 Å². The molecule has 2 amide bonds. The molecule has 4 rings (SSSR count). The number of carbonyl (C=O) groups excluding carboxylic acids is 2. The first-order chi connectivity index (χ1) is 17.5. The normalized spacial score (nSPS) is 14.6. The van der Waals surface area contributed by atoms with Gasteiger partial charge in [0.1, 0.15) is 11.6 Å². The highest BCUT2D eigenvalue weighted by Crippen LogP contribution is 2.40. The SMILES string of the molecule is CC(C)c1ncc(C(=O)Nc2c(-c3cc(C(=O)N(C)C)ccc3F)ccnc2N2CCC(F)(F)C2)cn1. The first kappa shape index (κ1) is 26.1. The van der Waals surface area contributed by atoms with Gasteiger partial charge in [0.05, 0.1) is 17.8 Å². The fourth-order valence-corrected chi connectivity index (χ4v) is 4.02. The largest absolute Gasteiger partial charge is 0.349 e. The van der Waals surface area contributed by atoms with Crippen LogP contribution in [0.4, 0.5) is 24.7 Å². The zero-order valence-electron chi connectivity index (χ0n) is 20.9. The summed E-state index contributed by atoms with van der Waals surface area (Å²) in [5.41, 5.74) is 0.617. The van der Waals surface area contributed by atoms with Gasteiger partial charge in [-0.2, -0.15) is 0 Å². The van der Waals surface area contributed by atoms with Gasteiger partial charge < -0.3 is 15.1 Å². The number of alkyl halides is 2. The lowest BCUT2D eigenvalue weighted by molar-refractivity contribution is 0.0256. The quantitative estimate of drug-likeness (QED) is 0.519. The number of hydrogen-bond acceptors (Lipinski definition) is 6. The number of amides is 2. The Balaban J connectivity index is 1.81. The lowest BCUT2D eigenvalue weighted by Gasteiger charge is -2.23. The average molecular weight is 513 g/mol. The molecule has 0 atom stereocenters. The molecule has 1 aliphatic rings. The van der Waals surface area contributed by atoms with Crippen molar-refractivity contribution in [2.45, 2.75) is 32.1 Å². The molecule has 3 heterocycles. The van der Waals surface area contributed by atoms with E-state index in [2.05, 4.69) is 20.3 Å². The molecular formula is C26H27F3N6O2. The van der Waals surface area contributed by atoms with E-state index in [4.69, 9.17) is 0 Å². The number of halogens is 3. The van der Waals surface area contributed by atoms with Gasteiger partial charge >= 0.3 is 0 Å². The number of carbonyl (C=O) groups is 2. The van der Waals surface area contributed by atoms with Crippen LogP contribution >= 0.6 is 0 Å². The lowest BCUT2D eigenvalue weighted by Crippen LogP contribution is -2.27. The maximum Gasteiger partial charge on any atom is 0.266 e. The zero-order valence-corrected chi connectivity index (χ0v) is 20.9. The van der Waals surface area contributed by atoms with Gasteiger partial charge in [-0.05, 0) is 24.3 Å². The predicted octanol–water partition coefficient (Wildman–Crippen LogP) is 4.60. The fraction of sp³-hybridized carbons (Fsp3) is 0.346. The van der Waals surface area contributed by atoms with Crippen molar-refractivity contribution in [3.05, 3.63) is 65.6 Å². The van der Waals surface area contributed by atoms with Crippen LogP contribution in [0.1, 0.15) is 52.7 Å². The van der Waals surface area contributed by atoms with Crippen molar-refractivity contribution < 1.29 is 22.8 Å². The van der Waals surface area contributed by atoms with Gasteiger partial charge in [0.15, 0.2) is 5.82 Å². The first-order valence-electron chi connectivity index (χ1n) is 11.7. The second-order valence-electron chi connectivity index (χ2n) is 9.42. The highest BCUT2D eigenvalue weighted by molar-refractivity contribution is 6.08. The Hall–Kier alpha value is -4.02. The highest BCUT2D eigenvalue weighted by Gasteiger charge is 2.40. The molecule has 0 bridgehead atoms. The number of hydrogen-bond donors (Lipinski definition) is 1. The third-order valence-corrected chi connectivity index (χ3v) is 6.00. The van der Waals surface area contributed by atoms with Gasteiger partial charge in [0.25, 0.3) is 17.7 Å². The van der Waals surface area contributed by atoms with E-state index in [1.165, 1.54) is 46.6 Å². The fourth-order valence-electron chi connectivity index (χ4n) is 4.02. The molecule has 0 radical (unpaired) electrons. The van der Waals surface area contributed by atoms with E-state index in [1.807, 2.05) is 13.8 Å². The molecule has 1 aromatic carbocycles. The van der Waals surface area contributed by atoms with Crippen molar-refractivity contribution in [1.29, 1.82) is 0 Å². The molecule has 1 aliphatic heterocycles. The smallest absolute Gasteiger partial charge is 0.266 e. The van der Waals surface area contributed by atoms with Crippen LogP contribution in [0.2, 0.25) is 0 Å². The van der Waals surface area contributed by atoms with Crippen LogP contribution in [0.5, 0.6) is 0 Å². The van der Waals surface area contributed by atoms with Crippen molar-refractivity contribution in [3.63, 3.8) is 0 Å². The van der Waals surface area contributed by atoms with E-state index in [9.17, 15) is 18.4 Å². The van der Waals surface area contributed by atoms with Gasteiger partial charge in [-0.15, -0.1) is 0 Å². The van der Waals surface area contributed by atoms with Gasteiger partial charge in [-0.25, -0.2) is 28.1 Å². The summed E-state index contributed by atoms with van der Waals surface area (Å²) in [6.07, 6.45) is 3.72. The Morgan fingerprint density at radius 2 is 1.76 bits per heavy atom. The number of anilines is 2. The summed E-state index contributed by atoms with van der Waals surface area (Å²) < 4.78 is 43.2. The Kier molecular flexibility index (Phi) is 7.15. The molecule has 2 aromatic heterocycles. The van der Waals surface area contributed by atoms with E-state index in [0.717, 1.165) is 6.07 Å². The van der Waals surface area contributed by atoms with Crippen molar-refractivity contribution in [3.8, 4) is 11.1 Å². The molecule has 194 valence electrons. The minimum Gasteiger partial charge on any atom is -0.349 e. The summed E-state index contributed by atoms with van der Waals surface area (Å²) in [5.74, 6) is -3.84. The van der Waals surface area contributed by atoms with E-state index in [1.54, 1.807) is 14.1 Å². The van der Waals surface area contributed by atoms with Crippen molar-refractivity contribution in [2.24, 2.45) is 0 Å². The molecule has 0 saturated carbocycles. The second-order valence-corrected chi connectivity index (χ2v) is 9.42. The topological polar surface area (TPSA) is 91.3 Å². The van der Waals surface area contributed by atoms with Crippen molar-refractivity contribution >= 4 is 23.3 Å². The molecule has 0 spiro atoms. The summed E-state index contributed by atoms with van der Waals surface area (Å²) >= 11 is 0. The number of rotatable bonds is 6. The van der Waals surface area contributed by atoms with E-state index in [-0.39, 0.29) is 58.5 Å². The van der Waals surface area contributed by atoms with Crippen LogP contribution < -0.4 is 10.2 Å².